The molecule has 3 amide bonds. The lowest BCUT2D eigenvalue weighted by atomic mass is 10.2. The second kappa shape index (κ2) is 6.69. The zero-order chi connectivity index (χ0) is 14.4. The van der Waals surface area contributed by atoms with E-state index < -0.39 is 17.9 Å². The number of urea groups is 1. The number of anilines is 1. The van der Waals surface area contributed by atoms with Crippen LogP contribution in [0, 0.1) is 6.92 Å². The average molecular weight is 327 g/mol. The fourth-order valence-electron chi connectivity index (χ4n) is 1.20. The van der Waals surface area contributed by atoms with E-state index in [2.05, 4.69) is 21.2 Å². The Morgan fingerprint density at radius 3 is 2.58 bits per heavy atom. The van der Waals surface area contributed by atoms with E-state index in [1.165, 1.54) is 0 Å². The molecule has 0 atom stereocenters. The summed E-state index contributed by atoms with van der Waals surface area (Å²) in [5.74, 6) is -2.08. The zero-order valence-corrected chi connectivity index (χ0v) is 11.5. The molecule has 1 rings (SSSR count). The highest BCUT2D eigenvalue weighted by atomic mass is 79.9. The summed E-state index contributed by atoms with van der Waals surface area (Å²) in [6.07, 6.45) is 1.41. The molecular weight excluding hydrogens is 316 g/mol. The summed E-state index contributed by atoms with van der Waals surface area (Å²) in [6.45, 7) is 1.80. The Labute approximate surface area is 117 Å². The van der Waals surface area contributed by atoms with E-state index in [0.29, 0.717) is 11.8 Å². The first-order valence-electron chi connectivity index (χ1n) is 5.18. The molecule has 6 nitrogen and oxygen atoms in total. The van der Waals surface area contributed by atoms with Crippen LogP contribution in [0.2, 0.25) is 0 Å². The number of benzene rings is 1. The van der Waals surface area contributed by atoms with Crippen LogP contribution in [0.4, 0.5) is 10.5 Å². The number of imide groups is 1. The highest BCUT2D eigenvalue weighted by Gasteiger charge is 2.08. The number of nitrogens with one attached hydrogen (secondary N) is 2. The second-order valence-electron chi connectivity index (χ2n) is 3.53. The molecule has 3 N–H and O–H groups in total. The number of carboxylic acid groups (broad SMARTS) is 1. The SMILES string of the molecule is Cc1c(Br)cccc1NC(=O)NC(=O)/C=C/C(=O)O. The summed E-state index contributed by atoms with van der Waals surface area (Å²) in [6, 6.07) is 4.50. The third-order valence-electron chi connectivity index (χ3n) is 2.13. The minimum absolute atomic E-state index is 0.543. The van der Waals surface area contributed by atoms with Gasteiger partial charge in [-0.1, -0.05) is 22.0 Å². The van der Waals surface area contributed by atoms with Crippen LogP contribution in [-0.4, -0.2) is 23.0 Å². The van der Waals surface area contributed by atoms with Gasteiger partial charge >= 0.3 is 12.0 Å². The Hall–Kier alpha value is -2.15. The minimum atomic E-state index is -1.27. The first kappa shape index (κ1) is 14.9. The van der Waals surface area contributed by atoms with Gasteiger partial charge in [0.05, 0.1) is 0 Å². The molecule has 0 saturated carbocycles. The number of amides is 3. The largest absolute Gasteiger partial charge is 0.478 e. The number of hydrogen-bond acceptors (Lipinski definition) is 3. The summed E-state index contributed by atoms with van der Waals surface area (Å²) < 4.78 is 0.822. The highest BCUT2D eigenvalue weighted by Crippen LogP contribution is 2.23. The van der Waals surface area contributed by atoms with Crippen LogP contribution < -0.4 is 10.6 Å². The van der Waals surface area contributed by atoms with Gasteiger partial charge in [-0.2, -0.15) is 0 Å². The molecule has 0 radical (unpaired) electrons. The van der Waals surface area contributed by atoms with Gasteiger partial charge in [0.1, 0.15) is 0 Å². The first-order chi connectivity index (χ1) is 8.90. The van der Waals surface area contributed by atoms with Crippen LogP contribution in [-0.2, 0) is 9.59 Å². The standard InChI is InChI=1S/C12H11BrN2O4/c1-7-8(13)3-2-4-9(7)14-12(19)15-10(16)5-6-11(17)18/h2-6H,1H3,(H,17,18)(H2,14,15,16,19)/b6-5+. The molecule has 1 aromatic carbocycles. The Morgan fingerprint density at radius 2 is 1.95 bits per heavy atom. The molecule has 0 aromatic heterocycles. The van der Waals surface area contributed by atoms with Gasteiger partial charge in [0, 0.05) is 22.3 Å². The van der Waals surface area contributed by atoms with Gasteiger partial charge in [-0.25, -0.2) is 9.59 Å². The highest BCUT2D eigenvalue weighted by molar-refractivity contribution is 9.10. The fourth-order valence-corrected chi connectivity index (χ4v) is 1.56. The van der Waals surface area contributed by atoms with Crippen molar-refractivity contribution < 1.29 is 19.5 Å². The van der Waals surface area contributed by atoms with Gasteiger partial charge in [-0.3, -0.25) is 10.1 Å². The van der Waals surface area contributed by atoms with Gasteiger partial charge in [0.25, 0.3) is 5.91 Å². The van der Waals surface area contributed by atoms with Gasteiger partial charge < -0.3 is 10.4 Å². The molecule has 0 spiro atoms. The topological polar surface area (TPSA) is 95.5 Å². The quantitative estimate of drug-likeness (QED) is 0.741. The summed E-state index contributed by atoms with van der Waals surface area (Å²) in [5, 5.41) is 12.8. The molecule has 0 fully saturated rings. The summed E-state index contributed by atoms with van der Waals surface area (Å²) in [4.78, 5) is 32.9. The van der Waals surface area contributed by atoms with Crippen molar-refractivity contribution in [1.29, 1.82) is 0 Å². The maximum Gasteiger partial charge on any atom is 0.328 e. The number of halogens is 1. The summed E-state index contributed by atoms with van der Waals surface area (Å²) in [7, 11) is 0. The Morgan fingerprint density at radius 1 is 1.26 bits per heavy atom. The van der Waals surface area contributed by atoms with Gasteiger partial charge in [0.15, 0.2) is 0 Å². The van der Waals surface area contributed by atoms with E-state index in [-0.39, 0.29) is 0 Å². The third-order valence-corrected chi connectivity index (χ3v) is 2.99. The van der Waals surface area contributed by atoms with E-state index in [4.69, 9.17) is 5.11 Å². The van der Waals surface area contributed by atoms with Gasteiger partial charge in [-0.15, -0.1) is 0 Å². The zero-order valence-electron chi connectivity index (χ0n) is 9.94. The smallest absolute Gasteiger partial charge is 0.328 e. The number of carbonyl (C=O) groups excluding carboxylic acids is 2. The van der Waals surface area contributed by atoms with Crippen molar-refractivity contribution in [3.63, 3.8) is 0 Å². The van der Waals surface area contributed by atoms with Crippen molar-refractivity contribution in [2.45, 2.75) is 6.92 Å². The molecule has 0 aliphatic rings. The predicted molar refractivity (Wildman–Crippen MR) is 72.8 cm³/mol. The van der Waals surface area contributed by atoms with Crippen LogP contribution in [0.1, 0.15) is 5.56 Å². The molecule has 1 aromatic rings. The molecule has 0 aliphatic carbocycles. The molecule has 0 aliphatic heterocycles. The average Bonchev–Trinajstić information content (AvgIpc) is 2.32. The lowest BCUT2D eigenvalue weighted by molar-refractivity contribution is -0.131. The third kappa shape index (κ3) is 4.92. The van der Waals surface area contributed by atoms with E-state index in [1.54, 1.807) is 19.1 Å². The molecule has 0 bridgehead atoms. The van der Waals surface area contributed by atoms with Crippen LogP contribution in [0.25, 0.3) is 0 Å². The van der Waals surface area contributed by atoms with Crippen molar-refractivity contribution in [3.8, 4) is 0 Å². The number of carboxylic acids is 1. The molecule has 19 heavy (non-hydrogen) atoms. The fraction of sp³-hybridized carbons (Fsp3) is 0.0833. The van der Waals surface area contributed by atoms with Gasteiger partial charge in [0.2, 0.25) is 0 Å². The van der Waals surface area contributed by atoms with E-state index >= 15 is 0 Å². The molecule has 0 heterocycles. The number of aliphatic carboxylic acids is 1. The monoisotopic (exact) mass is 326 g/mol. The van der Waals surface area contributed by atoms with E-state index in [9.17, 15) is 14.4 Å². The maximum absolute atomic E-state index is 11.5. The van der Waals surface area contributed by atoms with E-state index in [0.717, 1.165) is 16.1 Å². The lowest BCUT2D eigenvalue weighted by Gasteiger charge is -2.09. The molecule has 0 unspecified atom stereocenters. The molecular formula is C12H11BrN2O4. The van der Waals surface area contributed by atoms with Crippen LogP contribution >= 0.6 is 15.9 Å². The van der Waals surface area contributed by atoms with Crippen molar-refractivity contribution in [3.05, 3.63) is 40.4 Å². The Kier molecular flexibility index (Phi) is 5.25. The Bertz CT molecular complexity index is 555. The summed E-state index contributed by atoms with van der Waals surface area (Å²) >= 11 is 3.31. The second-order valence-corrected chi connectivity index (χ2v) is 4.38. The van der Waals surface area contributed by atoms with Crippen molar-refractivity contribution in [2.75, 3.05) is 5.32 Å². The molecule has 7 heteroatoms. The predicted octanol–water partition coefficient (Wildman–Crippen LogP) is 2.05. The van der Waals surface area contributed by atoms with E-state index in [1.807, 2.05) is 11.4 Å². The van der Waals surface area contributed by atoms with Crippen LogP contribution in [0.15, 0.2) is 34.8 Å². The Balaban J connectivity index is 2.63. The van der Waals surface area contributed by atoms with Crippen molar-refractivity contribution >= 4 is 39.5 Å². The van der Waals surface area contributed by atoms with Gasteiger partial charge in [-0.05, 0) is 24.6 Å². The summed E-state index contributed by atoms with van der Waals surface area (Å²) in [5.41, 5.74) is 1.35. The van der Waals surface area contributed by atoms with Crippen LogP contribution in [0.3, 0.4) is 0 Å². The number of hydrogen-bond donors (Lipinski definition) is 3. The number of rotatable bonds is 3. The van der Waals surface area contributed by atoms with Crippen LogP contribution in [0.5, 0.6) is 0 Å². The molecule has 100 valence electrons. The lowest BCUT2D eigenvalue weighted by Crippen LogP contribution is -2.33. The first-order valence-corrected chi connectivity index (χ1v) is 5.97. The van der Waals surface area contributed by atoms with Crippen molar-refractivity contribution in [2.24, 2.45) is 0 Å². The maximum atomic E-state index is 11.5. The normalized spacial score (nSPS) is 10.2. The van der Waals surface area contributed by atoms with Crippen molar-refractivity contribution in [1.82, 2.24) is 5.32 Å². The number of carbonyl (C=O) groups is 3. The minimum Gasteiger partial charge on any atom is -0.478 e. The molecule has 0 saturated heterocycles.